The average molecular weight is 340 g/mol. The fourth-order valence-electron chi connectivity index (χ4n) is 2.00. The molecule has 25 heavy (non-hydrogen) atoms. The highest BCUT2D eigenvalue weighted by atomic mass is 16.7. The van der Waals surface area contributed by atoms with Crippen LogP contribution < -0.4 is 4.74 Å². The number of rotatable bonds is 7. The SMILES string of the molecule is C=Cc1ccc(OC(OCC)C(C)C)cc1.C=Cc1ccccc1O. The smallest absolute Gasteiger partial charge is 0.202 e. The van der Waals surface area contributed by atoms with Crippen molar-refractivity contribution >= 4 is 12.2 Å². The lowest BCUT2D eigenvalue weighted by atomic mass is 10.2. The molecule has 134 valence electrons. The molecular formula is C22H28O3. The molecule has 0 saturated heterocycles. The van der Waals surface area contributed by atoms with Crippen LogP contribution in [0.15, 0.2) is 61.7 Å². The lowest BCUT2D eigenvalue weighted by Crippen LogP contribution is -2.26. The normalized spacial score (nSPS) is 11.2. The highest BCUT2D eigenvalue weighted by Crippen LogP contribution is 2.18. The van der Waals surface area contributed by atoms with E-state index < -0.39 is 0 Å². The zero-order valence-electron chi connectivity index (χ0n) is 15.3. The van der Waals surface area contributed by atoms with E-state index >= 15 is 0 Å². The molecule has 0 fully saturated rings. The summed E-state index contributed by atoms with van der Waals surface area (Å²) in [6.07, 6.45) is 3.25. The molecule has 2 aromatic rings. The van der Waals surface area contributed by atoms with Crippen molar-refractivity contribution in [1.29, 1.82) is 0 Å². The van der Waals surface area contributed by atoms with Gasteiger partial charge in [0, 0.05) is 18.1 Å². The van der Waals surface area contributed by atoms with Crippen molar-refractivity contribution in [1.82, 2.24) is 0 Å². The van der Waals surface area contributed by atoms with Crippen LogP contribution in [-0.2, 0) is 4.74 Å². The van der Waals surface area contributed by atoms with Gasteiger partial charge in [-0.15, -0.1) is 0 Å². The first-order valence-electron chi connectivity index (χ1n) is 8.43. The Morgan fingerprint density at radius 3 is 2.08 bits per heavy atom. The predicted octanol–water partition coefficient (Wildman–Crippen LogP) is 5.76. The van der Waals surface area contributed by atoms with Crippen LogP contribution >= 0.6 is 0 Å². The maximum Gasteiger partial charge on any atom is 0.202 e. The van der Waals surface area contributed by atoms with Crippen molar-refractivity contribution in [2.45, 2.75) is 27.1 Å². The van der Waals surface area contributed by atoms with Crippen LogP contribution in [0.25, 0.3) is 12.2 Å². The molecule has 0 amide bonds. The molecule has 0 aliphatic heterocycles. The van der Waals surface area contributed by atoms with Gasteiger partial charge in [-0.1, -0.05) is 69.5 Å². The van der Waals surface area contributed by atoms with Gasteiger partial charge in [-0.3, -0.25) is 0 Å². The Hall–Kier alpha value is -2.52. The minimum atomic E-state index is -0.181. The Kier molecular flexibility index (Phi) is 9.12. The van der Waals surface area contributed by atoms with Crippen LogP contribution in [0.1, 0.15) is 31.9 Å². The Labute approximate surface area is 151 Å². The summed E-state index contributed by atoms with van der Waals surface area (Å²) >= 11 is 0. The third-order valence-electron chi connectivity index (χ3n) is 3.40. The van der Waals surface area contributed by atoms with E-state index in [4.69, 9.17) is 14.6 Å². The summed E-state index contributed by atoms with van der Waals surface area (Å²) in [6.45, 7) is 14.0. The van der Waals surface area contributed by atoms with Gasteiger partial charge in [0.25, 0.3) is 0 Å². The second-order valence-electron chi connectivity index (χ2n) is 5.72. The van der Waals surface area contributed by atoms with Gasteiger partial charge in [-0.25, -0.2) is 0 Å². The lowest BCUT2D eigenvalue weighted by Gasteiger charge is -2.22. The highest BCUT2D eigenvalue weighted by molar-refractivity contribution is 5.54. The number of phenolic OH excluding ortho intramolecular Hbond substituents is 1. The summed E-state index contributed by atoms with van der Waals surface area (Å²) in [6, 6.07) is 14.9. The molecule has 0 heterocycles. The fraction of sp³-hybridized carbons (Fsp3) is 0.273. The van der Waals surface area contributed by atoms with Crippen LogP contribution in [0.2, 0.25) is 0 Å². The summed E-state index contributed by atoms with van der Waals surface area (Å²) in [7, 11) is 0. The maximum absolute atomic E-state index is 9.04. The first kappa shape index (κ1) is 20.5. The molecular weight excluding hydrogens is 312 g/mol. The lowest BCUT2D eigenvalue weighted by molar-refractivity contribution is -0.103. The number of hydrogen-bond donors (Lipinski definition) is 1. The van der Waals surface area contributed by atoms with Crippen LogP contribution in [0.5, 0.6) is 11.5 Å². The van der Waals surface area contributed by atoms with Crippen LogP contribution in [0.3, 0.4) is 0 Å². The van der Waals surface area contributed by atoms with Gasteiger partial charge in [0.05, 0.1) is 0 Å². The predicted molar refractivity (Wildman–Crippen MR) is 106 cm³/mol. The molecule has 0 aliphatic rings. The summed E-state index contributed by atoms with van der Waals surface area (Å²) < 4.78 is 11.3. The van der Waals surface area contributed by atoms with Gasteiger partial charge in [-0.2, -0.15) is 0 Å². The topological polar surface area (TPSA) is 38.7 Å². The molecule has 0 aromatic heterocycles. The Bertz CT molecular complexity index is 645. The first-order valence-corrected chi connectivity index (χ1v) is 8.43. The first-order chi connectivity index (χ1) is 12.0. The van der Waals surface area contributed by atoms with Crippen molar-refractivity contribution in [3.63, 3.8) is 0 Å². The van der Waals surface area contributed by atoms with E-state index in [2.05, 4.69) is 27.0 Å². The van der Waals surface area contributed by atoms with E-state index in [-0.39, 0.29) is 12.0 Å². The van der Waals surface area contributed by atoms with Crippen molar-refractivity contribution in [3.8, 4) is 11.5 Å². The van der Waals surface area contributed by atoms with Crippen molar-refractivity contribution < 1.29 is 14.6 Å². The summed E-state index contributed by atoms with van der Waals surface area (Å²) in [4.78, 5) is 0. The third-order valence-corrected chi connectivity index (χ3v) is 3.40. The number of aromatic hydroxyl groups is 1. The monoisotopic (exact) mass is 340 g/mol. The molecule has 0 aliphatic carbocycles. The van der Waals surface area contributed by atoms with Gasteiger partial charge in [0.15, 0.2) is 0 Å². The zero-order valence-corrected chi connectivity index (χ0v) is 15.3. The Balaban J connectivity index is 0.000000293. The molecule has 0 radical (unpaired) electrons. The van der Waals surface area contributed by atoms with E-state index in [0.717, 1.165) is 16.9 Å². The van der Waals surface area contributed by atoms with E-state index in [1.807, 2.05) is 49.4 Å². The molecule has 0 saturated carbocycles. The van der Waals surface area contributed by atoms with E-state index in [1.165, 1.54) is 0 Å². The minimum absolute atomic E-state index is 0.181. The van der Waals surface area contributed by atoms with E-state index in [9.17, 15) is 0 Å². The quantitative estimate of drug-likeness (QED) is 0.651. The van der Waals surface area contributed by atoms with Gasteiger partial charge in [0.2, 0.25) is 6.29 Å². The Morgan fingerprint density at radius 2 is 1.64 bits per heavy atom. The number of ether oxygens (including phenoxy) is 2. The fourth-order valence-corrected chi connectivity index (χ4v) is 2.00. The van der Waals surface area contributed by atoms with Crippen molar-refractivity contribution in [2.24, 2.45) is 5.92 Å². The second-order valence-corrected chi connectivity index (χ2v) is 5.72. The molecule has 2 aromatic carbocycles. The zero-order chi connectivity index (χ0) is 18.7. The summed E-state index contributed by atoms with van der Waals surface area (Å²) in [5, 5.41) is 9.04. The molecule has 1 unspecified atom stereocenters. The van der Waals surface area contributed by atoms with Crippen LogP contribution in [-0.4, -0.2) is 18.0 Å². The molecule has 0 bridgehead atoms. The van der Waals surface area contributed by atoms with Gasteiger partial charge < -0.3 is 14.6 Å². The number of hydrogen-bond acceptors (Lipinski definition) is 3. The third kappa shape index (κ3) is 7.27. The summed E-state index contributed by atoms with van der Waals surface area (Å²) in [5.74, 6) is 1.45. The van der Waals surface area contributed by atoms with E-state index in [0.29, 0.717) is 12.5 Å². The molecule has 3 nitrogen and oxygen atoms in total. The average Bonchev–Trinajstić information content (AvgIpc) is 2.63. The largest absolute Gasteiger partial charge is 0.507 e. The molecule has 2 rings (SSSR count). The highest BCUT2D eigenvalue weighted by Gasteiger charge is 2.14. The molecule has 1 atom stereocenters. The van der Waals surface area contributed by atoms with Gasteiger partial charge in [0.1, 0.15) is 11.5 Å². The second kappa shape index (κ2) is 11.1. The van der Waals surface area contributed by atoms with Gasteiger partial charge in [-0.05, 0) is 30.7 Å². The number of benzene rings is 2. The minimum Gasteiger partial charge on any atom is -0.507 e. The molecule has 1 N–H and O–H groups in total. The standard InChI is InChI=1S/C14H20O2.C8H8O/c1-5-12-7-9-13(10-8-12)16-14(11(3)4)15-6-2;1-2-7-5-3-4-6-8(7)9/h5,7-11,14H,1,6H2,2-4H3;2-6,9H,1H2. The molecule has 0 spiro atoms. The van der Waals surface area contributed by atoms with Crippen LogP contribution in [0, 0.1) is 5.92 Å². The molecule has 3 heteroatoms. The van der Waals surface area contributed by atoms with Gasteiger partial charge >= 0.3 is 0 Å². The Morgan fingerprint density at radius 1 is 1.00 bits per heavy atom. The van der Waals surface area contributed by atoms with E-state index in [1.54, 1.807) is 18.2 Å². The van der Waals surface area contributed by atoms with Crippen LogP contribution in [0.4, 0.5) is 0 Å². The van der Waals surface area contributed by atoms with Crippen molar-refractivity contribution in [3.05, 3.63) is 72.8 Å². The number of para-hydroxylation sites is 1. The summed E-state index contributed by atoms with van der Waals surface area (Å²) in [5.41, 5.74) is 1.86. The van der Waals surface area contributed by atoms with Crippen molar-refractivity contribution in [2.75, 3.05) is 6.61 Å². The number of phenols is 1. The maximum atomic E-state index is 9.04.